The zero-order chi connectivity index (χ0) is 17.7. The first-order valence-electron chi connectivity index (χ1n) is 7.55. The molecule has 8 heteroatoms. The van der Waals surface area contributed by atoms with Crippen LogP contribution in [0.5, 0.6) is 0 Å². The summed E-state index contributed by atoms with van der Waals surface area (Å²) in [4.78, 5) is 16.6. The van der Waals surface area contributed by atoms with E-state index < -0.39 is 10.0 Å². The van der Waals surface area contributed by atoms with E-state index in [1.54, 1.807) is 35.6 Å². The van der Waals surface area contributed by atoms with Gasteiger partial charge in [-0.3, -0.25) is 4.79 Å². The highest BCUT2D eigenvalue weighted by atomic mass is 32.2. The number of thiazole rings is 1. The first kappa shape index (κ1) is 18.6. The van der Waals surface area contributed by atoms with Gasteiger partial charge in [0.25, 0.3) is 0 Å². The minimum absolute atomic E-state index is 0.0555. The summed E-state index contributed by atoms with van der Waals surface area (Å²) in [6.07, 6.45) is 0.889. The van der Waals surface area contributed by atoms with Crippen molar-refractivity contribution >= 4 is 27.3 Å². The highest BCUT2D eigenvalue weighted by Crippen LogP contribution is 2.16. The van der Waals surface area contributed by atoms with E-state index in [1.807, 2.05) is 19.2 Å². The zero-order valence-corrected chi connectivity index (χ0v) is 15.5. The second kappa shape index (κ2) is 7.87. The number of nitrogens with zero attached hydrogens (tertiary/aromatic N) is 1. The van der Waals surface area contributed by atoms with E-state index in [0.29, 0.717) is 12.8 Å². The van der Waals surface area contributed by atoms with Gasteiger partial charge in [-0.25, -0.2) is 18.1 Å². The predicted octanol–water partition coefficient (Wildman–Crippen LogP) is 2.17. The van der Waals surface area contributed by atoms with Crippen molar-refractivity contribution in [2.45, 2.75) is 37.6 Å². The second-order valence-electron chi connectivity index (χ2n) is 5.43. The molecule has 2 aromatic rings. The van der Waals surface area contributed by atoms with E-state index in [-0.39, 0.29) is 16.8 Å². The Morgan fingerprint density at radius 2 is 1.96 bits per heavy atom. The van der Waals surface area contributed by atoms with Gasteiger partial charge in [0.05, 0.1) is 21.6 Å². The van der Waals surface area contributed by atoms with Gasteiger partial charge < -0.3 is 5.32 Å². The normalized spacial score (nSPS) is 12.8. The number of benzene rings is 1. The fourth-order valence-electron chi connectivity index (χ4n) is 2.18. The van der Waals surface area contributed by atoms with Crippen molar-refractivity contribution in [2.24, 2.45) is 0 Å². The summed E-state index contributed by atoms with van der Waals surface area (Å²) >= 11 is 1.56. The summed E-state index contributed by atoms with van der Waals surface area (Å²) in [6.45, 7) is 3.84. The summed E-state index contributed by atoms with van der Waals surface area (Å²) in [6, 6.07) is 6.42. The fraction of sp³-hybridized carbons (Fsp3) is 0.375. The standard InChI is InChI=1S/C16H21N3O3S2/c1-11(15-10-23-12(2)19-15)18-16(20)9-6-13-4-7-14(8-5-13)24(21,22)17-3/h4-5,7-8,10-11,17H,6,9H2,1-3H3,(H,18,20)/t11-/m1/s1. The van der Waals surface area contributed by atoms with Crippen molar-refractivity contribution in [1.29, 1.82) is 0 Å². The van der Waals surface area contributed by atoms with Gasteiger partial charge in [-0.05, 0) is 45.0 Å². The van der Waals surface area contributed by atoms with E-state index in [9.17, 15) is 13.2 Å². The molecule has 0 saturated carbocycles. The molecule has 1 heterocycles. The Morgan fingerprint density at radius 3 is 2.50 bits per heavy atom. The lowest BCUT2D eigenvalue weighted by atomic mass is 10.1. The Hall–Kier alpha value is -1.77. The van der Waals surface area contributed by atoms with Crippen molar-refractivity contribution in [3.8, 4) is 0 Å². The van der Waals surface area contributed by atoms with E-state index in [1.165, 1.54) is 7.05 Å². The second-order valence-corrected chi connectivity index (χ2v) is 8.38. The van der Waals surface area contributed by atoms with E-state index in [0.717, 1.165) is 16.3 Å². The van der Waals surface area contributed by atoms with Crippen LogP contribution in [-0.4, -0.2) is 26.4 Å². The fourth-order valence-corrected chi connectivity index (χ4v) is 3.61. The Kier molecular flexibility index (Phi) is 6.09. The summed E-state index contributed by atoms with van der Waals surface area (Å²) in [7, 11) is -2.05. The number of rotatable bonds is 7. The molecule has 1 aromatic heterocycles. The molecule has 0 unspecified atom stereocenters. The molecule has 1 amide bonds. The van der Waals surface area contributed by atoms with Gasteiger partial charge in [-0.1, -0.05) is 12.1 Å². The van der Waals surface area contributed by atoms with Crippen LogP contribution in [0.1, 0.15) is 35.7 Å². The smallest absolute Gasteiger partial charge is 0.240 e. The average molecular weight is 367 g/mol. The van der Waals surface area contributed by atoms with Crippen LogP contribution >= 0.6 is 11.3 Å². The Labute approximate surface area is 146 Å². The SMILES string of the molecule is CNS(=O)(=O)c1ccc(CCC(=O)N[C@H](C)c2csc(C)n2)cc1. The van der Waals surface area contributed by atoms with Crippen LogP contribution in [0.2, 0.25) is 0 Å². The largest absolute Gasteiger partial charge is 0.348 e. The molecular weight excluding hydrogens is 346 g/mol. The Balaban J connectivity index is 1.87. The highest BCUT2D eigenvalue weighted by molar-refractivity contribution is 7.89. The van der Waals surface area contributed by atoms with Crippen molar-refractivity contribution < 1.29 is 13.2 Å². The van der Waals surface area contributed by atoms with Gasteiger partial charge in [0.15, 0.2) is 0 Å². The van der Waals surface area contributed by atoms with Gasteiger partial charge in [0.1, 0.15) is 0 Å². The maximum atomic E-state index is 12.0. The first-order valence-corrected chi connectivity index (χ1v) is 9.92. The zero-order valence-electron chi connectivity index (χ0n) is 13.9. The summed E-state index contributed by atoms with van der Waals surface area (Å²) in [5.41, 5.74) is 1.78. The van der Waals surface area contributed by atoms with Crippen molar-refractivity contribution in [2.75, 3.05) is 7.05 Å². The quantitative estimate of drug-likeness (QED) is 0.785. The van der Waals surface area contributed by atoms with Crippen LogP contribution in [0.15, 0.2) is 34.5 Å². The topological polar surface area (TPSA) is 88.2 Å². The number of hydrogen-bond donors (Lipinski definition) is 2. The van der Waals surface area contributed by atoms with Crippen molar-refractivity contribution in [3.05, 3.63) is 45.9 Å². The third kappa shape index (κ3) is 4.86. The van der Waals surface area contributed by atoms with Crippen LogP contribution < -0.4 is 10.0 Å². The van der Waals surface area contributed by atoms with Gasteiger partial charge >= 0.3 is 0 Å². The summed E-state index contributed by atoms with van der Waals surface area (Å²) < 4.78 is 25.6. The van der Waals surface area contributed by atoms with Gasteiger partial charge in [0.2, 0.25) is 15.9 Å². The van der Waals surface area contributed by atoms with E-state index in [4.69, 9.17) is 0 Å². The van der Waals surface area contributed by atoms with Crippen LogP contribution in [-0.2, 0) is 21.2 Å². The Morgan fingerprint density at radius 1 is 1.29 bits per heavy atom. The van der Waals surface area contributed by atoms with Gasteiger partial charge in [0, 0.05) is 11.8 Å². The summed E-state index contributed by atoms with van der Waals surface area (Å²) in [5.74, 6) is -0.0555. The number of hydrogen-bond acceptors (Lipinski definition) is 5. The van der Waals surface area contributed by atoms with E-state index in [2.05, 4.69) is 15.0 Å². The molecule has 1 atom stereocenters. The minimum atomic E-state index is -3.43. The number of aromatic nitrogens is 1. The third-order valence-corrected chi connectivity index (χ3v) is 5.82. The highest BCUT2D eigenvalue weighted by Gasteiger charge is 2.13. The lowest BCUT2D eigenvalue weighted by Crippen LogP contribution is -2.27. The third-order valence-electron chi connectivity index (χ3n) is 3.60. The molecule has 1 aromatic carbocycles. The molecule has 24 heavy (non-hydrogen) atoms. The Bertz CT molecular complexity index is 798. The average Bonchev–Trinajstić information content (AvgIpc) is 3.00. The molecule has 0 aliphatic heterocycles. The predicted molar refractivity (Wildman–Crippen MR) is 94.4 cm³/mol. The number of amides is 1. The van der Waals surface area contributed by atoms with Crippen LogP contribution in [0.4, 0.5) is 0 Å². The van der Waals surface area contributed by atoms with Crippen LogP contribution in [0.3, 0.4) is 0 Å². The summed E-state index contributed by atoms with van der Waals surface area (Å²) in [5, 5.41) is 5.84. The molecule has 0 fully saturated rings. The number of carbonyl (C=O) groups excluding carboxylic acids is 1. The lowest BCUT2D eigenvalue weighted by molar-refractivity contribution is -0.121. The maximum absolute atomic E-state index is 12.0. The molecule has 0 spiro atoms. The van der Waals surface area contributed by atoms with Gasteiger partial charge in [-0.2, -0.15) is 0 Å². The minimum Gasteiger partial charge on any atom is -0.348 e. The maximum Gasteiger partial charge on any atom is 0.240 e. The molecule has 0 saturated heterocycles. The lowest BCUT2D eigenvalue weighted by Gasteiger charge is -2.11. The number of nitrogens with one attached hydrogen (secondary N) is 2. The first-order chi connectivity index (χ1) is 11.3. The molecule has 130 valence electrons. The molecule has 2 N–H and O–H groups in total. The molecule has 0 bridgehead atoms. The van der Waals surface area contributed by atoms with Crippen molar-refractivity contribution in [3.63, 3.8) is 0 Å². The molecule has 0 radical (unpaired) electrons. The molecule has 0 aliphatic rings. The monoisotopic (exact) mass is 367 g/mol. The molecular formula is C16H21N3O3S2. The van der Waals surface area contributed by atoms with Crippen LogP contribution in [0, 0.1) is 6.92 Å². The van der Waals surface area contributed by atoms with Gasteiger partial charge in [-0.15, -0.1) is 11.3 Å². The molecule has 2 rings (SSSR count). The van der Waals surface area contributed by atoms with Crippen molar-refractivity contribution in [1.82, 2.24) is 15.0 Å². The number of carbonyl (C=O) groups is 1. The molecule has 0 aliphatic carbocycles. The number of aryl methyl sites for hydroxylation is 2. The van der Waals surface area contributed by atoms with E-state index >= 15 is 0 Å². The van der Waals surface area contributed by atoms with Crippen LogP contribution in [0.25, 0.3) is 0 Å². The molecule has 6 nitrogen and oxygen atoms in total. The number of sulfonamides is 1.